The molecule has 0 bridgehead atoms. The van der Waals surface area contributed by atoms with Gasteiger partial charge in [0.1, 0.15) is 0 Å². The summed E-state index contributed by atoms with van der Waals surface area (Å²) in [4.78, 5) is 26.2. The first-order valence-electron chi connectivity index (χ1n) is 6.47. The van der Waals surface area contributed by atoms with Gasteiger partial charge < -0.3 is 16.0 Å². The fourth-order valence-corrected chi connectivity index (χ4v) is 3.07. The first-order valence-corrected chi connectivity index (χ1v) is 7.35. The molecule has 0 radical (unpaired) electrons. The first kappa shape index (κ1) is 14.0. The molecule has 0 saturated carbocycles. The van der Waals surface area contributed by atoms with Gasteiger partial charge in [-0.3, -0.25) is 9.59 Å². The molecule has 5 nitrogen and oxygen atoms in total. The lowest BCUT2D eigenvalue weighted by atomic mass is 10.0. The van der Waals surface area contributed by atoms with E-state index in [2.05, 4.69) is 5.32 Å². The number of hydrogen-bond donors (Lipinski definition) is 2. The fourth-order valence-electron chi connectivity index (χ4n) is 2.37. The minimum absolute atomic E-state index is 0.00634. The number of amides is 2. The standard InChI is InChI=1S/C13H19N3O2S/c14-12(17)9-16(10-3-5-15-6-4-10)13(18)8-11-2-1-7-19-11/h1-2,7,10,15H,3-6,8-9H2,(H2,14,17). The van der Waals surface area contributed by atoms with Crippen LogP contribution in [-0.4, -0.2) is 42.4 Å². The molecule has 2 amide bonds. The van der Waals surface area contributed by atoms with Crippen LogP contribution in [0.1, 0.15) is 17.7 Å². The number of primary amides is 1. The van der Waals surface area contributed by atoms with E-state index in [0.29, 0.717) is 6.42 Å². The van der Waals surface area contributed by atoms with Crippen molar-refractivity contribution < 1.29 is 9.59 Å². The highest BCUT2D eigenvalue weighted by Gasteiger charge is 2.26. The zero-order valence-electron chi connectivity index (χ0n) is 10.8. The van der Waals surface area contributed by atoms with E-state index in [9.17, 15) is 9.59 Å². The molecule has 2 heterocycles. The second-order valence-electron chi connectivity index (χ2n) is 4.73. The number of nitrogens with zero attached hydrogens (tertiary/aromatic N) is 1. The highest BCUT2D eigenvalue weighted by molar-refractivity contribution is 7.10. The lowest BCUT2D eigenvalue weighted by Gasteiger charge is -2.33. The maximum Gasteiger partial charge on any atom is 0.237 e. The summed E-state index contributed by atoms with van der Waals surface area (Å²) in [6, 6.07) is 3.99. The van der Waals surface area contributed by atoms with Crippen LogP contribution in [0.2, 0.25) is 0 Å². The maximum absolute atomic E-state index is 12.3. The van der Waals surface area contributed by atoms with Crippen LogP contribution in [0, 0.1) is 0 Å². The van der Waals surface area contributed by atoms with E-state index < -0.39 is 5.91 Å². The minimum atomic E-state index is -0.446. The van der Waals surface area contributed by atoms with Crippen LogP contribution in [0.3, 0.4) is 0 Å². The number of thiophene rings is 1. The van der Waals surface area contributed by atoms with E-state index in [4.69, 9.17) is 5.73 Å². The van der Waals surface area contributed by atoms with Gasteiger partial charge >= 0.3 is 0 Å². The quantitative estimate of drug-likeness (QED) is 0.818. The van der Waals surface area contributed by atoms with Gasteiger partial charge in [-0.15, -0.1) is 11.3 Å². The summed E-state index contributed by atoms with van der Waals surface area (Å²) in [5.74, 6) is -0.453. The average Bonchev–Trinajstić information content (AvgIpc) is 2.89. The second kappa shape index (κ2) is 6.68. The Labute approximate surface area is 116 Å². The predicted octanol–water partition coefficient (Wildman–Crippen LogP) is 0.357. The number of nitrogens with two attached hydrogens (primary N) is 1. The van der Waals surface area contributed by atoms with Crippen LogP contribution >= 0.6 is 11.3 Å². The van der Waals surface area contributed by atoms with Crippen molar-refractivity contribution in [2.45, 2.75) is 25.3 Å². The van der Waals surface area contributed by atoms with Crippen LogP contribution in [0.15, 0.2) is 17.5 Å². The van der Waals surface area contributed by atoms with Gasteiger partial charge in [0.05, 0.1) is 13.0 Å². The smallest absolute Gasteiger partial charge is 0.237 e. The third-order valence-electron chi connectivity index (χ3n) is 3.30. The monoisotopic (exact) mass is 281 g/mol. The van der Waals surface area contributed by atoms with E-state index in [1.54, 1.807) is 16.2 Å². The lowest BCUT2D eigenvalue weighted by molar-refractivity contribution is -0.137. The van der Waals surface area contributed by atoms with E-state index in [-0.39, 0.29) is 18.5 Å². The van der Waals surface area contributed by atoms with E-state index in [1.165, 1.54) is 0 Å². The van der Waals surface area contributed by atoms with Gasteiger partial charge in [0, 0.05) is 10.9 Å². The molecule has 1 aromatic rings. The normalized spacial score (nSPS) is 16.2. The zero-order valence-corrected chi connectivity index (χ0v) is 11.6. The molecule has 1 aromatic heterocycles. The number of carbonyl (C=O) groups is 2. The molecule has 0 atom stereocenters. The van der Waals surface area contributed by atoms with Gasteiger partial charge in [-0.2, -0.15) is 0 Å². The Morgan fingerprint density at radius 2 is 2.16 bits per heavy atom. The molecule has 0 spiro atoms. The third kappa shape index (κ3) is 4.04. The Balaban J connectivity index is 2.02. The van der Waals surface area contributed by atoms with Crippen molar-refractivity contribution in [3.63, 3.8) is 0 Å². The molecule has 0 aliphatic carbocycles. The van der Waals surface area contributed by atoms with Gasteiger partial charge in [0.15, 0.2) is 0 Å². The van der Waals surface area contributed by atoms with Gasteiger partial charge in [-0.05, 0) is 37.4 Å². The summed E-state index contributed by atoms with van der Waals surface area (Å²) >= 11 is 1.56. The summed E-state index contributed by atoms with van der Waals surface area (Å²) < 4.78 is 0. The molecule has 1 aliphatic heterocycles. The van der Waals surface area contributed by atoms with Gasteiger partial charge in [0.2, 0.25) is 11.8 Å². The van der Waals surface area contributed by atoms with Gasteiger partial charge in [0.25, 0.3) is 0 Å². The Morgan fingerprint density at radius 1 is 1.42 bits per heavy atom. The highest BCUT2D eigenvalue weighted by atomic mass is 32.1. The predicted molar refractivity (Wildman–Crippen MR) is 74.8 cm³/mol. The van der Waals surface area contributed by atoms with E-state index in [1.807, 2.05) is 17.5 Å². The Kier molecular flexibility index (Phi) is 4.93. The Hall–Kier alpha value is -1.40. The van der Waals surface area contributed by atoms with Crippen LogP contribution in [0.4, 0.5) is 0 Å². The van der Waals surface area contributed by atoms with Crippen LogP contribution in [-0.2, 0) is 16.0 Å². The minimum Gasteiger partial charge on any atom is -0.368 e. The fraction of sp³-hybridized carbons (Fsp3) is 0.538. The second-order valence-corrected chi connectivity index (χ2v) is 5.76. The number of hydrogen-bond acceptors (Lipinski definition) is 4. The number of rotatable bonds is 5. The van der Waals surface area contributed by atoms with Crippen LogP contribution < -0.4 is 11.1 Å². The van der Waals surface area contributed by atoms with Gasteiger partial charge in [-0.1, -0.05) is 6.07 Å². The molecule has 104 valence electrons. The number of nitrogens with one attached hydrogen (secondary N) is 1. The Bertz CT molecular complexity index is 427. The van der Waals surface area contributed by atoms with Crippen molar-refractivity contribution in [3.05, 3.63) is 22.4 Å². The summed E-state index contributed by atoms with van der Waals surface area (Å²) in [6.45, 7) is 1.79. The van der Waals surface area contributed by atoms with Crippen molar-refractivity contribution in [3.8, 4) is 0 Å². The molecule has 2 rings (SSSR count). The largest absolute Gasteiger partial charge is 0.368 e. The summed E-state index contributed by atoms with van der Waals surface area (Å²) in [7, 11) is 0. The molecule has 0 aromatic carbocycles. The topological polar surface area (TPSA) is 75.4 Å². The molecule has 1 saturated heterocycles. The van der Waals surface area contributed by atoms with Crippen molar-refractivity contribution in [2.24, 2.45) is 5.73 Å². The van der Waals surface area contributed by atoms with Crippen LogP contribution in [0.25, 0.3) is 0 Å². The molecule has 6 heteroatoms. The van der Waals surface area contributed by atoms with Crippen molar-refractivity contribution in [2.75, 3.05) is 19.6 Å². The summed E-state index contributed by atoms with van der Waals surface area (Å²) in [6.07, 6.45) is 2.11. The molecular formula is C13H19N3O2S. The maximum atomic E-state index is 12.3. The third-order valence-corrected chi connectivity index (χ3v) is 4.18. The molecule has 3 N–H and O–H groups in total. The first-order chi connectivity index (χ1) is 9.16. The van der Waals surface area contributed by atoms with E-state index in [0.717, 1.165) is 30.8 Å². The summed E-state index contributed by atoms with van der Waals surface area (Å²) in [5.41, 5.74) is 5.27. The Morgan fingerprint density at radius 3 is 2.74 bits per heavy atom. The van der Waals surface area contributed by atoms with Crippen molar-refractivity contribution >= 4 is 23.2 Å². The molecule has 1 fully saturated rings. The molecule has 1 aliphatic rings. The zero-order chi connectivity index (χ0) is 13.7. The van der Waals surface area contributed by atoms with Crippen molar-refractivity contribution in [1.82, 2.24) is 10.2 Å². The lowest BCUT2D eigenvalue weighted by Crippen LogP contribution is -2.49. The average molecular weight is 281 g/mol. The SMILES string of the molecule is NC(=O)CN(C(=O)Cc1cccs1)C1CCNCC1. The van der Waals surface area contributed by atoms with E-state index >= 15 is 0 Å². The van der Waals surface area contributed by atoms with Crippen molar-refractivity contribution in [1.29, 1.82) is 0 Å². The molecular weight excluding hydrogens is 262 g/mol. The summed E-state index contributed by atoms with van der Waals surface area (Å²) in [5, 5.41) is 5.21. The van der Waals surface area contributed by atoms with Gasteiger partial charge in [-0.25, -0.2) is 0 Å². The number of piperidine rings is 1. The molecule has 19 heavy (non-hydrogen) atoms. The molecule has 0 unspecified atom stereocenters. The van der Waals surface area contributed by atoms with Crippen LogP contribution in [0.5, 0.6) is 0 Å². The highest BCUT2D eigenvalue weighted by Crippen LogP contribution is 2.16. The number of carbonyl (C=O) groups excluding carboxylic acids is 2.